The standard InChI is InChI=1S/C13H23NO2/c1-13(2,3)16-12(15)10-5-4-8-14-11(10)9-6-7-9/h9-11,14H,4-8H2,1-3H3/t10-,11-/m1/s1. The van der Waals surface area contributed by atoms with E-state index in [1.807, 2.05) is 20.8 Å². The summed E-state index contributed by atoms with van der Waals surface area (Å²) in [5.74, 6) is 0.801. The lowest BCUT2D eigenvalue weighted by molar-refractivity contribution is -0.162. The minimum absolute atomic E-state index is 0.00315. The fraction of sp³-hybridized carbons (Fsp3) is 0.923. The third kappa shape index (κ3) is 2.97. The third-order valence-electron chi connectivity index (χ3n) is 3.34. The van der Waals surface area contributed by atoms with Gasteiger partial charge in [-0.15, -0.1) is 0 Å². The van der Waals surface area contributed by atoms with Gasteiger partial charge in [-0.3, -0.25) is 4.79 Å². The molecule has 3 heteroatoms. The van der Waals surface area contributed by atoms with Crippen LogP contribution in [0.15, 0.2) is 0 Å². The molecule has 1 aliphatic carbocycles. The summed E-state index contributed by atoms with van der Waals surface area (Å²) in [5.41, 5.74) is -0.359. The number of rotatable bonds is 2. The van der Waals surface area contributed by atoms with Crippen molar-refractivity contribution >= 4 is 5.97 Å². The largest absolute Gasteiger partial charge is 0.460 e. The van der Waals surface area contributed by atoms with Gasteiger partial charge < -0.3 is 10.1 Å². The maximum atomic E-state index is 12.1. The normalized spacial score (nSPS) is 31.2. The van der Waals surface area contributed by atoms with Crippen LogP contribution < -0.4 is 5.32 Å². The van der Waals surface area contributed by atoms with E-state index in [2.05, 4.69) is 5.32 Å². The van der Waals surface area contributed by atoms with E-state index in [9.17, 15) is 4.79 Å². The SMILES string of the molecule is CC(C)(C)OC(=O)[C@@H]1CCCN[C@@H]1C1CC1. The van der Waals surface area contributed by atoms with Crippen LogP contribution >= 0.6 is 0 Å². The summed E-state index contributed by atoms with van der Waals surface area (Å²) in [7, 11) is 0. The molecule has 1 saturated carbocycles. The molecule has 0 unspecified atom stereocenters. The highest BCUT2D eigenvalue weighted by molar-refractivity contribution is 5.74. The first kappa shape index (κ1) is 11.9. The van der Waals surface area contributed by atoms with E-state index in [4.69, 9.17) is 4.74 Å². The van der Waals surface area contributed by atoms with Gasteiger partial charge in [-0.1, -0.05) is 0 Å². The molecule has 1 N–H and O–H groups in total. The number of ether oxygens (including phenoxy) is 1. The molecule has 0 aromatic rings. The van der Waals surface area contributed by atoms with Crippen molar-refractivity contribution < 1.29 is 9.53 Å². The van der Waals surface area contributed by atoms with Crippen LogP contribution in [0.5, 0.6) is 0 Å². The monoisotopic (exact) mass is 225 g/mol. The molecule has 0 radical (unpaired) electrons. The first-order chi connectivity index (χ1) is 7.47. The van der Waals surface area contributed by atoms with E-state index in [-0.39, 0.29) is 17.5 Å². The second-order valence-corrected chi connectivity index (χ2v) is 6.10. The molecule has 0 amide bonds. The van der Waals surface area contributed by atoms with Gasteiger partial charge >= 0.3 is 5.97 Å². The maximum absolute atomic E-state index is 12.1. The van der Waals surface area contributed by atoms with Gasteiger partial charge in [0.15, 0.2) is 0 Å². The average Bonchev–Trinajstić information content (AvgIpc) is 2.98. The van der Waals surface area contributed by atoms with Crippen LogP contribution in [0.1, 0.15) is 46.5 Å². The Balaban J connectivity index is 1.96. The van der Waals surface area contributed by atoms with Crippen LogP contribution in [0.25, 0.3) is 0 Å². The predicted octanol–water partition coefficient (Wildman–Crippen LogP) is 2.11. The molecule has 0 aromatic heterocycles. The van der Waals surface area contributed by atoms with Crippen molar-refractivity contribution in [2.45, 2.75) is 58.1 Å². The molecule has 2 atom stereocenters. The van der Waals surface area contributed by atoms with Crippen LogP contribution in [-0.4, -0.2) is 24.2 Å². The Morgan fingerprint density at radius 3 is 2.50 bits per heavy atom. The van der Waals surface area contributed by atoms with E-state index in [0.717, 1.165) is 25.3 Å². The zero-order valence-corrected chi connectivity index (χ0v) is 10.6. The van der Waals surface area contributed by atoms with Crippen molar-refractivity contribution in [2.24, 2.45) is 11.8 Å². The molecule has 2 aliphatic rings. The first-order valence-corrected chi connectivity index (χ1v) is 6.43. The average molecular weight is 225 g/mol. The molecule has 1 saturated heterocycles. The van der Waals surface area contributed by atoms with Crippen molar-refractivity contribution in [3.8, 4) is 0 Å². The second-order valence-electron chi connectivity index (χ2n) is 6.10. The summed E-state index contributed by atoms with van der Waals surface area (Å²) in [6, 6.07) is 0.378. The summed E-state index contributed by atoms with van der Waals surface area (Å²) in [4.78, 5) is 12.1. The molecule has 0 spiro atoms. The van der Waals surface area contributed by atoms with Crippen LogP contribution in [-0.2, 0) is 9.53 Å². The van der Waals surface area contributed by atoms with E-state index >= 15 is 0 Å². The molecule has 16 heavy (non-hydrogen) atoms. The number of carbonyl (C=O) groups excluding carboxylic acids is 1. The Labute approximate surface area is 97.9 Å². The molecule has 1 heterocycles. The van der Waals surface area contributed by atoms with Gasteiger partial charge in [0.25, 0.3) is 0 Å². The van der Waals surface area contributed by atoms with Gasteiger partial charge in [-0.2, -0.15) is 0 Å². The Morgan fingerprint density at radius 2 is 1.94 bits per heavy atom. The molecule has 2 rings (SSSR count). The lowest BCUT2D eigenvalue weighted by atomic mass is 9.87. The Bertz CT molecular complexity index is 266. The van der Waals surface area contributed by atoms with Crippen molar-refractivity contribution in [1.29, 1.82) is 0 Å². The first-order valence-electron chi connectivity index (χ1n) is 6.43. The minimum atomic E-state index is -0.359. The topological polar surface area (TPSA) is 38.3 Å². The Morgan fingerprint density at radius 1 is 1.25 bits per heavy atom. The number of carbonyl (C=O) groups is 1. The highest BCUT2D eigenvalue weighted by Crippen LogP contribution is 2.39. The van der Waals surface area contributed by atoms with Crippen LogP contribution in [0.2, 0.25) is 0 Å². The molecule has 2 fully saturated rings. The Hall–Kier alpha value is -0.570. The van der Waals surface area contributed by atoms with E-state index in [1.54, 1.807) is 0 Å². The molecule has 1 aliphatic heterocycles. The predicted molar refractivity (Wildman–Crippen MR) is 63.1 cm³/mol. The van der Waals surface area contributed by atoms with E-state index < -0.39 is 0 Å². The zero-order chi connectivity index (χ0) is 11.8. The van der Waals surface area contributed by atoms with Gasteiger partial charge in [0, 0.05) is 6.04 Å². The van der Waals surface area contributed by atoms with Crippen molar-refractivity contribution in [2.75, 3.05) is 6.54 Å². The summed E-state index contributed by atoms with van der Waals surface area (Å²) >= 11 is 0. The number of hydrogen-bond acceptors (Lipinski definition) is 3. The van der Waals surface area contributed by atoms with E-state index in [0.29, 0.717) is 6.04 Å². The van der Waals surface area contributed by atoms with Gasteiger partial charge in [-0.05, 0) is 58.9 Å². The number of esters is 1. The van der Waals surface area contributed by atoms with Gasteiger partial charge in [0.2, 0.25) is 0 Å². The van der Waals surface area contributed by atoms with Gasteiger partial charge in [0.05, 0.1) is 5.92 Å². The summed E-state index contributed by atoms with van der Waals surface area (Å²) in [6.07, 6.45) is 4.63. The van der Waals surface area contributed by atoms with Crippen molar-refractivity contribution in [3.63, 3.8) is 0 Å². The summed E-state index contributed by atoms with van der Waals surface area (Å²) < 4.78 is 5.51. The molecule has 3 nitrogen and oxygen atoms in total. The lowest BCUT2D eigenvalue weighted by Crippen LogP contribution is -2.47. The van der Waals surface area contributed by atoms with Crippen molar-refractivity contribution in [1.82, 2.24) is 5.32 Å². The molecule has 0 aromatic carbocycles. The quantitative estimate of drug-likeness (QED) is 0.731. The van der Waals surface area contributed by atoms with Crippen LogP contribution in [0.4, 0.5) is 0 Å². The third-order valence-corrected chi connectivity index (χ3v) is 3.34. The zero-order valence-electron chi connectivity index (χ0n) is 10.6. The number of piperidine rings is 1. The fourth-order valence-electron chi connectivity index (χ4n) is 2.50. The van der Waals surface area contributed by atoms with Crippen LogP contribution in [0, 0.1) is 11.8 Å². The number of nitrogens with one attached hydrogen (secondary N) is 1. The fourth-order valence-corrected chi connectivity index (χ4v) is 2.50. The molecule has 0 bridgehead atoms. The summed E-state index contributed by atoms with van der Waals surface area (Å²) in [6.45, 7) is 6.87. The lowest BCUT2D eigenvalue weighted by Gasteiger charge is -2.33. The number of hydrogen-bond donors (Lipinski definition) is 1. The van der Waals surface area contributed by atoms with E-state index in [1.165, 1.54) is 12.8 Å². The smallest absolute Gasteiger partial charge is 0.311 e. The van der Waals surface area contributed by atoms with Crippen LogP contribution in [0.3, 0.4) is 0 Å². The second kappa shape index (κ2) is 4.36. The maximum Gasteiger partial charge on any atom is 0.311 e. The molecular weight excluding hydrogens is 202 g/mol. The minimum Gasteiger partial charge on any atom is -0.460 e. The summed E-state index contributed by atoms with van der Waals surface area (Å²) in [5, 5.41) is 3.50. The Kier molecular flexibility index (Phi) is 3.24. The molecule has 92 valence electrons. The highest BCUT2D eigenvalue weighted by atomic mass is 16.6. The van der Waals surface area contributed by atoms with Gasteiger partial charge in [0.1, 0.15) is 5.60 Å². The molecular formula is C13H23NO2. The van der Waals surface area contributed by atoms with Crippen molar-refractivity contribution in [3.05, 3.63) is 0 Å². The van der Waals surface area contributed by atoms with Gasteiger partial charge in [-0.25, -0.2) is 0 Å². The highest BCUT2D eigenvalue weighted by Gasteiger charge is 2.42.